The van der Waals surface area contributed by atoms with Crippen LogP contribution in [0.15, 0.2) is 69.1 Å². The number of benzene rings is 2. The van der Waals surface area contributed by atoms with Crippen molar-refractivity contribution in [1.29, 1.82) is 0 Å². The van der Waals surface area contributed by atoms with Gasteiger partial charge in [0.05, 0.1) is 41.2 Å². The largest absolute Gasteiger partial charge is 0.691 e. The van der Waals surface area contributed by atoms with Crippen molar-refractivity contribution in [2.75, 3.05) is 24.6 Å². The maximum absolute atomic E-state index is 12.1. The van der Waals surface area contributed by atoms with Gasteiger partial charge in [-0.3, -0.25) is 14.4 Å². The second-order valence-corrected chi connectivity index (χ2v) is 16.0. The van der Waals surface area contributed by atoms with Gasteiger partial charge in [0.25, 0.3) is 10.1 Å². The highest BCUT2D eigenvalue weighted by Crippen LogP contribution is 2.56. The van der Waals surface area contributed by atoms with E-state index in [1.54, 1.807) is 12.1 Å². The minimum absolute atomic E-state index is 0.0885. The van der Waals surface area contributed by atoms with Crippen molar-refractivity contribution >= 4 is 45.2 Å². The SMILES string of the molecule is CCOC(=O)CCCCC1(C)C2=C3C=C4C5=[N+](CCC4OC3CCN2c2ccc(SOO[O-])cc21)c1ccc(S(=O)(=O)O)cc1C5(C)C. The molecule has 0 aliphatic carbocycles. The Morgan fingerprint density at radius 3 is 2.69 bits per heavy atom. The third kappa shape index (κ3) is 5.44. The van der Waals surface area contributed by atoms with Crippen LogP contribution in [0.25, 0.3) is 0 Å². The second kappa shape index (κ2) is 12.4. The first-order valence-electron chi connectivity index (χ1n) is 16.5. The molecule has 0 amide bonds. The van der Waals surface area contributed by atoms with E-state index in [2.05, 4.69) is 57.8 Å². The number of hydrogen-bond donors (Lipinski definition) is 1. The number of allylic oxidation sites excluding steroid dienone is 1. The Morgan fingerprint density at radius 2 is 1.94 bits per heavy atom. The molecule has 7 rings (SSSR count). The van der Waals surface area contributed by atoms with E-state index in [0.29, 0.717) is 19.4 Å². The smallest absolute Gasteiger partial charge is 0.305 e. The van der Waals surface area contributed by atoms with E-state index in [9.17, 15) is 23.0 Å². The van der Waals surface area contributed by atoms with Crippen LogP contribution in [0.1, 0.15) is 77.3 Å². The average Bonchev–Trinajstić information content (AvgIpc) is 3.45. The Morgan fingerprint density at radius 1 is 1.12 bits per heavy atom. The molecule has 2 aromatic carbocycles. The molecule has 1 N–H and O–H groups in total. The molecule has 0 radical (unpaired) electrons. The number of rotatable bonds is 10. The molecule has 5 heterocycles. The van der Waals surface area contributed by atoms with Crippen molar-refractivity contribution in [3.63, 3.8) is 0 Å². The number of esters is 1. The molecule has 0 aromatic heterocycles. The van der Waals surface area contributed by atoms with Gasteiger partial charge in [0.2, 0.25) is 5.69 Å². The standard InChI is InChI=1S/C35H40N2O9S2/c1-5-43-31(38)8-6-7-15-35(4)26-18-21(47-46-45-39)9-11-28(26)37-17-14-30-24(33(35)37)20-23-29(44-30)13-16-36-27-12-10-22(48(40,41)42)19-25(27)34(2,3)32(23)36/h9-12,18-20,29-30H,5-8,13-17H2,1-4H3,(H-,39,40,41,42). The molecule has 256 valence electrons. The molecule has 2 aromatic rings. The lowest BCUT2D eigenvalue weighted by molar-refractivity contribution is -0.777. The predicted octanol–water partition coefficient (Wildman–Crippen LogP) is 5.20. The molecule has 3 atom stereocenters. The summed E-state index contributed by atoms with van der Waals surface area (Å²) in [7, 11) is -4.36. The van der Waals surface area contributed by atoms with E-state index in [1.807, 2.05) is 13.0 Å². The van der Waals surface area contributed by atoms with E-state index in [0.717, 1.165) is 95.1 Å². The summed E-state index contributed by atoms with van der Waals surface area (Å²) in [6.45, 7) is 10.1. The third-order valence-electron chi connectivity index (χ3n) is 10.6. The molecule has 0 saturated carbocycles. The Balaban J connectivity index is 1.33. The number of unbranched alkanes of at least 4 members (excludes halogenated alkanes) is 1. The molecular formula is C35H40N2O9S2. The fourth-order valence-corrected chi connectivity index (χ4v) is 9.51. The van der Waals surface area contributed by atoms with Crippen LogP contribution in [0.3, 0.4) is 0 Å². The molecule has 0 saturated heterocycles. The lowest BCUT2D eigenvalue weighted by Gasteiger charge is -2.43. The van der Waals surface area contributed by atoms with Gasteiger partial charge in [-0.15, -0.1) is 0 Å². The minimum atomic E-state index is -4.36. The second-order valence-electron chi connectivity index (χ2n) is 13.8. The predicted molar refractivity (Wildman–Crippen MR) is 176 cm³/mol. The maximum Gasteiger partial charge on any atom is 0.305 e. The highest BCUT2D eigenvalue weighted by molar-refractivity contribution is 7.94. The van der Waals surface area contributed by atoms with Gasteiger partial charge in [-0.2, -0.15) is 17.3 Å². The summed E-state index contributed by atoms with van der Waals surface area (Å²) in [6, 6.07) is 10.9. The summed E-state index contributed by atoms with van der Waals surface area (Å²) in [6.07, 6.45) is 6.38. The first-order valence-corrected chi connectivity index (χ1v) is 18.7. The minimum Gasteiger partial charge on any atom is -0.691 e. The van der Waals surface area contributed by atoms with Crippen LogP contribution < -0.4 is 10.2 Å². The number of fused-ring (bicyclic) bond motifs is 8. The summed E-state index contributed by atoms with van der Waals surface area (Å²) >= 11 is 0.873. The van der Waals surface area contributed by atoms with Crippen molar-refractivity contribution in [1.82, 2.24) is 0 Å². The van der Waals surface area contributed by atoms with Crippen molar-refractivity contribution < 1.29 is 46.4 Å². The molecule has 13 heteroatoms. The van der Waals surface area contributed by atoms with Crippen molar-refractivity contribution in [3.8, 4) is 0 Å². The van der Waals surface area contributed by atoms with Gasteiger partial charge < -0.3 is 19.6 Å². The molecule has 5 aliphatic rings. The molecule has 48 heavy (non-hydrogen) atoms. The van der Waals surface area contributed by atoms with Crippen molar-refractivity contribution in [2.24, 2.45) is 0 Å². The first-order chi connectivity index (χ1) is 22.9. The maximum atomic E-state index is 12.1. The van der Waals surface area contributed by atoms with Gasteiger partial charge >= 0.3 is 5.97 Å². The number of ether oxygens (including phenoxy) is 2. The quantitative estimate of drug-likeness (QED) is 0.0668. The molecule has 11 nitrogen and oxygen atoms in total. The number of hydrogen-bond acceptors (Lipinski definition) is 10. The summed E-state index contributed by atoms with van der Waals surface area (Å²) in [5.74, 6) is -0.191. The zero-order chi connectivity index (χ0) is 34.0. The third-order valence-corrected chi connectivity index (χ3v) is 12.0. The Labute approximate surface area is 285 Å². The zero-order valence-electron chi connectivity index (χ0n) is 27.5. The molecule has 0 fully saturated rings. The fourth-order valence-electron chi connectivity index (χ4n) is 8.61. The number of carbonyl (C=O) groups is 1. The Kier molecular flexibility index (Phi) is 8.63. The Hall–Kier alpha value is -3.04. The van der Waals surface area contributed by atoms with Crippen LogP contribution in [0.4, 0.5) is 11.4 Å². The summed E-state index contributed by atoms with van der Waals surface area (Å²) in [5, 5.41) is 14.2. The fraction of sp³-hybridized carbons (Fsp3) is 0.486. The van der Waals surface area contributed by atoms with E-state index in [-0.39, 0.29) is 23.1 Å². The molecule has 0 spiro atoms. The molecule has 5 aliphatic heterocycles. The summed E-state index contributed by atoms with van der Waals surface area (Å²) in [5.41, 5.74) is 7.53. The Bertz CT molecular complexity index is 1880. The van der Waals surface area contributed by atoms with E-state index in [1.165, 1.54) is 11.8 Å². The van der Waals surface area contributed by atoms with Crippen molar-refractivity contribution in [3.05, 3.63) is 70.4 Å². The summed E-state index contributed by atoms with van der Waals surface area (Å²) in [4.78, 5) is 15.2. The van der Waals surface area contributed by atoms with E-state index < -0.39 is 20.9 Å². The van der Waals surface area contributed by atoms with Gasteiger partial charge in [-0.25, -0.2) is 0 Å². The lowest BCUT2D eigenvalue weighted by atomic mass is 9.72. The van der Waals surface area contributed by atoms with Gasteiger partial charge in [0.1, 0.15) is 0 Å². The highest BCUT2D eigenvalue weighted by atomic mass is 32.2. The topological polar surface area (TPSA) is 138 Å². The highest BCUT2D eigenvalue weighted by Gasteiger charge is 2.55. The van der Waals surface area contributed by atoms with Crippen LogP contribution in [-0.4, -0.2) is 61.1 Å². The van der Waals surface area contributed by atoms with Crippen LogP contribution >= 0.6 is 12.0 Å². The zero-order valence-corrected chi connectivity index (χ0v) is 29.1. The van der Waals surface area contributed by atoms with E-state index in [4.69, 9.17) is 9.47 Å². The lowest BCUT2D eigenvalue weighted by Crippen LogP contribution is -2.47. The number of nitrogens with zero attached hydrogens (tertiary/aromatic N) is 2. The van der Waals surface area contributed by atoms with Gasteiger partial charge in [-0.1, -0.05) is 6.42 Å². The van der Waals surface area contributed by atoms with E-state index >= 15 is 0 Å². The number of anilines is 1. The van der Waals surface area contributed by atoms with Gasteiger partial charge in [0, 0.05) is 63.9 Å². The van der Waals surface area contributed by atoms with Gasteiger partial charge in [0.15, 0.2) is 12.3 Å². The van der Waals surface area contributed by atoms with Crippen LogP contribution in [0.5, 0.6) is 0 Å². The van der Waals surface area contributed by atoms with Gasteiger partial charge in [-0.05, 0) is 88.9 Å². The average molecular weight is 697 g/mol. The molecular weight excluding hydrogens is 657 g/mol. The monoisotopic (exact) mass is 696 g/mol. The van der Waals surface area contributed by atoms with Crippen LogP contribution in [-0.2, 0) is 44.6 Å². The molecule has 3 unspecified atom stereocenters. The van der Waals surface area contributed by atoms with Crippen LogP contribution in [0.2, 0.25) is 0 Å². The summed E-state index contributed by atoms with van der Waals surface area (Å²) < 4.78 is 53.1. The van der Waals surface area contributed by atoms with Crippen LogP contribution in [0, 0.1) is 0 Å². The normalized spacial score (nSPS) is 25.1. The van der Waals surface area contributed by atoms with Crippen molar-refractivity contribution in [2.45, 2.75) is 99.0 Å². The first kappa shape index (κ1) is 33.5. The molecule has 0 bridgehead atoms. The number of carbonyl (C=O) groups excluding carboxylic acids is 1.